The minimum Gasteiger partial charge on any atom is -0.494 e. The van der Waals surface area contributed by atoms with Crippen LogP contribution in [0.2, 0.25) is 0 Å². The van der Waals surface area contributed by atoms with Crippen LogP contribution >= 0.6 is 11.8 Å². The van der Waals surface area contributed by atoms with Gasteiger partial charge in [0.1, 0.15) is 11.8 Å². The molecule has 1 atom stereocenters. The Hall–Kier alpha value is -1.76. The van der Waals surface area contributed by atoms with Crippen molar-refractivity contribution in [2.45, 2.75) is 12.5 Å². The van der Waals surface area contributed by atoms with E-state index in [2.05, 4.69) is 10.3 Å². The monoisotopic (exact) mass is 284 g/mol. The van der Waals surface area contributed by atoms with Crippen LogP contribution in [0.1, 0.15) is 16.8 Å². The van der Waals surface area contributed by atoms with Crippen LogP contribution in [0.4, 0.5) is 0 Å². The summed E-state index contributed by atoms with van der Waals surface area (Å²) in [4.78, 5) is 26.9. The van der Waals surface area contributed by atoms with Gasteiger partial charge in [0.25, 0.3) is 5.91 Å². The molecule has 0 radical (unpaired) electrons. The maximum atomic E-state index is 12.0. The molecule has 0 fully saturated rings. The first-order valence-corrected chi connectivity index (χ1v) is 7.00. The molecular weight excluding hydrogens is 268 g/mol. The quantitative estimate of drug-likeness (QED) is 0.777. The summed E-state index contributed by atoms with van der Waals surface area (Å²) in [5.41, 5.74) is 0.271. The number of nitrogens with one attached hydrogen (secondary N) is 1. The standard InChI is InChI=1S/C12H16N2O4S/c1-18-10-7-13-5-3-8(10)11(15)14-9(12(16)17)4-6-19-2/h3,5,7,9H,4,6H2,1-2H3,(H,14,15)(H,16,17)/t9-/m0/s1. The van der Waals surface area contributed by atoms with Crippen molar-refractivity contribution < 1.29 is 19.4 Å². The van der Waals surface area contributed by atoms with E-state index in [0.717, 1.165) is 0 Å². The topological polar surface area (TPSA) is 88.5 Å². The van der Waals surface area contributed by atoms with Crippen molar-refractivity contribution >= 4 is 23.6 Å². The highest BCUT2D eigenvalue weighted by Crippen LogP contribution is 2.15. The molecule has 0 aliphatic heterocycles. The zero-order chi connectivity index (χ0) is 14.3. The van der Waals surface area contributed by atoms with Gasteiger partial charge in [0.05, 0.1) is 18.9 Å². The number of carboxylic acids is 1. The van der Waals surface area contributed by atoms with Crippen LogP contribution in [-0.4, -0.2) is 47.1 Å². The molecule has 7 heteroatoms. The number of rotatable bonds is 7. The van der Waals surface area contributed by atoms with Gasteiger partial charge in [-0.3, -0.25) is 9.78 Å². The number of pyridine rings is 1. The number of carbonyl (C=O) groups is 2. The van der Waals surface area contributed by atoms with E-state index in [1.165, 1.54) is 37.3 Å². The number of hydrogen-bond acceptors (Lipinski definition) is 5. The van der Waals surface area contributed by atoms with Crippen LogP contribution < -0.4 is 10.1 Å². The number of aliphatic carboxylic acids is 1. The van der Waals surface area contributed by atoms with E-state index in [4.69, 9.17) is 9.84 Å². The summed E-state index contributed by atoms with van der Waals surface area (Å²) in [6, 6.07) is 0.583. The molecule has 1 rings (SSSR count). The van der Waals surface area contributed by atoms with Crippen molar-refractivity contribution in [1.82, 2.24) is 10.3 Å². The number of aromatic nitrogens is 1. The minimum atomic E-state index is -1.05. The fraction of sp³-hybridized carbons (Fsp3) is 0.417. The number of amides is 1. The maximum absolute atomic E-state index is 12.0. The Balaban J connectivity index is 2.78. The van der Waals surface area contributed by atoms with Crippen molar-refractivity contribution in [2.75, 3.05) is 19.1 Å². The number of carbonyl (C=O) groups excluding carboxylic acids is 1. The molecule has 1 amide bonds. The molecular formula is C12H16N2O4S. The Morgan fingerprint density at radius 1 is 1.58 bits per heavy atom. The molecule has 1 heterocycles. The first-order chi connectivity index (χ1) is 9.10. The summed E-state index contributed by atoms with van der Waals surface area (Å²) in [5, 5.41) is 11.5. The van der Waals surface area contributed by atoms with Gasteiger partial charge < -0.3 is 15.2 Å². The van der Waals surface area contributed by atoms with Crippen molar-refractivity contribution in [3.63, 3.8) is 0 Å². The highest BCUT2D eigenvalue weighted by Gasteiger charge is 2.21. The normalized spacial score (nSPS) is 11.7. The molecule has 0 unspecified atom stereocenters. The SMILES string of the molecule is COc1cnccc1C(=O)N[C@@H](CCSC)C(=O)O. The van der Waals surface area contributed by atoms with Crippen LogP contribution in [0, 0.1) is 0 Å². The third-order valence-electron chi connectivity index (χ3n) is 2.46. The fourth-order valence-electron chi connectivity index (χ4n) is 1.46. The number of carboxylic acid groups (broad SMARTS) is 1. The summed E-state index contributed by atoms with van der Waals surface area (Å²) in [5.74, 6) is -0.553. The molecule has 0 aliphatic rings. The summed E-state index contributed by atoms with van der Waals surface area (Å²) in [6.07, 6.45) is 5.12. The Morgan fingerprint density at radius 3 is 2.89 bits per heavy atom. The number of thioether (sulfide) groups is 1. The molecule has 6 nitrogen and oxygen atoms in total. The predicted molar refractivity (Wildman–Crippen MR) is 72.7 cm³/mol. The fourth-order valence-corrected chi connectivity index (χ4v) is 1.93. The Labute approximate surface area is 115 Å². The van der Waals surface area contributed by atoms with Gasteiger partial charge in [-0.1, -0.05) is 0 Å². The Bertz CT molecular complexity index is 453. The van der Waals surface area contributed by atoms with Crippen molar-refractivity contribution in [2.24, 2.45) is 0 Å². The van der Waals surface area contributed by atoms with Gasteiger partial charge in [-0.05, 0) is 24.5 Å². The zero-order valence-electron chi connectivity index (χ0n) is 10.8. The lowest BCUT2D eigenvalue weighted by molar-refractivity contribution is -0.139. The molecule has 0 saturated heterocycles. The molecule has 104 valence electrons. The molecule has 2 N–H and O–H groups in total. The lowest BCUT2D eigenvalue weighted by Crippen LogP contribution is -2.41. The highest BCUT2D eigenvalue weighted by atomic mass is 32.2. The van der Waals surface area contributed by atoms with Crippen LogP contribution in [0.5, 0.6) is 5.75 Å². The van der Waals surface area contributed by atoms with Gasteiger partial charge in [0, 0.05) is 6.20 Å². The van der Waals surface area contributed by atoms with Crippen molar-refractivity contribution in [1.29, 1.82) is 0 Å². The first-order valence-electron chi connectivity index (χ1n) is 5.60. The number of hydrogen-bond donors (Lipinski definition) is 2. The van der Waals surface area contributed by atoms with E-state index >= 15 is 0 Å². The average Bonchev–Trinajstić information content (AvgIpc) is 2.42. The Morgan fingerprint density at radius 2 is 2.32 bits per heavy atom. The molecule has 1 aromatic heterocycles. The predicted octanol–water partition coefficient (Wildman–Crippen LogP) is 1.03. The number of methoxy groups -OCH3 is 1. The van der Waals surface area contributed by atoms with Crippen LogP contribution in [0.15, 0.2) is 18.5 Å². The molecule has 0 bridgehead atoms. The molecule has 0 spiro atoms. The third kappa shape index (κ3) is 4.44. The number of ether oxygens (including phenoxy) is 1. The van der Waals surface area contributed by atoms with E-state index in [-0.39, 0.29) is 5.56 Å². The van der Waals surface area contributed by atoms with Gasteiger partial charge in [-0.25, -0.2) is 4.79 Å². The average molecular weight is 284 g/mol. The summed E-state index contributed by atoms with van der Waals surface area (Å²) in [6.45, 7) is 0. The lowest BCUT2D eigenvalue weighted by Gasteiger charge is -2.15. The highest BCUT2D eigenvalue weighted by molar-refractivity contribution is 7.98. The van der Waals surface area contributed by atoms with Gasteiger partial charge in [0.15, 0.2) is 0 Å². The lowest BCUT2D eigenvalue weighted by atomic mass is 10.2. The van der Waals surface area contributed by atoms with Gasteiger partial charge >= 0.3 is 5.97 Å². The van der Waals surface area contributed by atoms with Gasteiger partial charge in [-0.2, -0.15) is 11.8 Å². The summed E-state index contributed by atoms with van der Waals surface area (Å²) in [7, 11) is 1.43. The number of nitrogens with zero attached hydrogens (tertiary/aromatic N) is 1. The second kappa shape index (κ2) is 7.63. The Kier molecular flexibility index (Phi) is 6.14. The van der Waals surface area contributed by atoms with Crippen LogP contribution in [0.3, 0.4) is 0 Å². The van der Waals surface area contributed by atoms with Crippen molar-refractivity contribution in [3.8, 4) is 5.75 Å². The summed E-state index contributed by atoms with van der Waals surface area (Å²) >= 11 is 1.53. The largest absolute Gasteiger partial charge is 0.494 e. The molecule has 1 aromatic rings. The smallest absolute Gasteiger partial charge is 0.326 e. The maximum Gasteiger partial charge on any atom is 0.326 e. The van der Waals surface area contributed by atoms with E-state index in [0.29, 0.717) is 17.9 Å². The second-order valence-corrected chi connectivity index (χ2v) is 4.71. The van der Waals surface area contributed by atoms with Gasteiger partial charge in [-0.15, -0.1) is 0 Å². The second-order valence-electron chi connectivity index (χ2n) is 3.72. The van der Waals surface area contributed by atoms with E-state index < -0.39 is 17.9 Å². The molecule has 19 heavy (non-hydrogen) atoms. The van der Waals surface area contributed by atoms with E-state index in [1.54, 1.807) is 0 Å². The minimum absolute atomic E-state index is 0.271. The first kappa shape index (κ1) is 15.3. The third-order valence-corrected chi connectivity index (χ3v) is 3.11. The van der Waals surface area contributed by atoms with E-state index in [1.807, 2.05) is 6.26 Å². The van der Waals surface area contributed by atoms with Crippen molar-refractivity contribution in [3.05, 3.63) is 24.0 Å². The zero-order valence-corrected chi connectivity index (χ0v) is 11.6. The molecule has 0 saturated carbocycles. The van der Waals surface area contributed by atoms with Crippen LogP contribution in [-0.2, 0) is 4.79 Å². The molecule has 0 aromatic carbocycles. The van der Waals surface area contributed by atoms with Gasteiger partial charge in [0.2, 0.25) is 0 Å². The van der Waals surface area contributed by atoms with E-state index in [9.17, 15) is 9.59 Å². The summed E-state index contributed by atoms with van der Waals surface area (Å²) < 4.78 is 5.01. The molecule has 0 aliphatic carbocycles. The van der Waals surface area contributed by atoms with Crippen LogP contribution in [0.25, 0.3) is 0 Å².